The number of nitrogens with zero attached hydrogens (tertiary/aromatic N) is 3. The van der Waals surface area contributed by atoms with E-state index in [9.17, 15) is 13.2 Å². The summed E-state index contributed by atoms with van der Waals surface area (Å²) < 4.78 is 33.0. The van der Waals surface area contributed by atoms with Gasteiger partial charge in [-0.2, -0.15) is 4.31 Å². The van der Waals surface area contributed by atoms with E-state index < -0.39 is 16.1 Å². The van der Waals surface area contributed by atoms with Gasteiger partial charge in [0.15, 0.2) is 0 Å². The van der Waals surface area contributed by atoms with E-state index in [0.717, 1.165) is 31.0 Å². The Morgan fingerprint density at radius 2 is 1.79 bits per heavy atom. The monoisotopic (exact) mass is 417 g/mol. The Labute approximate surface area is 171 Å². The first-order valence-corrected chi connectivity index (χ1v) is 11.5. The van der Waals surface area contributed by atoms with Gasteiger partial charge in [0.25, 0.3) is 0 Å². The summed E-state index contributed by atoms with van der Waals surface area (Å²) in [5.41, 5.74) is 1.01. The first-order chi connectivity index (χ1) is 13.9. The summed E-state index contributed by atoms with van der Waals surface area (Å²) in [6, 6.07) is 10.0. The van der Waals surface area contributed by atoms with Gasteiger partial charge in [-0.15, -0.1) is 0 Å². The van der Waals surface area contributed by atoms with Crippen molar-refractivity contribution in [3.63, 3.8) is 0 Å². The highest BCUT2D eigenvalue weighted by molar-refractivity contribution is 7.89. The van der Waals surface area contributed by atoms with E-state index in [0.29, 0.717) is 32.5 Å². The molecule has 29 heavy (non-hydrogen) atoms. The molecule has 0 spiro atoms. The Balaban J connectivity index is 1.41. The largest absolute Gasteiger partial charge is 0.468 e. The second-order valence-corrected chi connectivity index (χ2v) is 9.66. The minimum Gasteiger partial charge on any atom is -0.468 e. The van der Waals surface area contributed by atoms with Gasteiger partial charge in [-0.25, -0.2) is 8.42 Å². The van der Waals surface area contributed by atoms with Crippen molar-refractivity contribution < 1.29 is 17.6 Å². The molecule has 0 aliphatic carbocycles. The molecule has 156 valence electrons. The van der Waals surface area contributed by atoms with Crippen LogP contribution in [0.4, 0.5) is 0 Å². The molecular formula is C21H27N3O4S. The Hall–Kier alpha value is -2.16. The molecule has 4 rings (SSSR count). The number of hydrogen-bond donors (Lipinski definition) is 0. The fraction of sp³-hybridized carbons (Fsp3) is 0.476. The normalized spacial score (nSPS) is 21.6. The molecule has 0 unspecified atom stereocenters. The fourth-order valence-electron chi connectivity index (χ4n) is 4.08. The van der Waals surface area contributed by atoms with Crippen molar-refractivity contribution in [2.75, 3.05) is 32.7 Å². The molecule has 2 saturated heterocycles. The van der Waals surface area contributed by atoms with E-state index >= 15 is 0 Å². The maximum Gasteiger partial charge on any atom is 0.243 e. The van der Waals surface area contributed by atoms with Gasteiger partial charge in [-0.05, 0) is 44.0 Å². The number of furan rings is 1. The maximum atomic E-state index is 13.1. The van der Waals surface area contributed by atoms with Gasteiger partial charge < -0.3 is 9.32 Å². The lowest BCUT2D eigenvalue weighted by Crippen LogP contribution is -2.54. The number of aryl methyl sites for hydroxylation is 1. The minimum atomic E-state index is -3.67. The van der Waals surface area contributed by atoms with E-state index in [1.165, 1.54) is 4.31 Å². The van der Waals surface area contributed by atoms with Crippen LogP contribution in [0.1, 0.15) is 24.2 Å². The molecular weight excluding hydrogens is 390 g/mol. The van der Waals surface area contributed by atoms with Crippen molar-refractivity contribution in [2.24, 2.45) is 0 Å². The lowest BCUT2D eigenvalue weighted by Gasteiger charge is -2.36. The molecule has 7 nitrogen and oxygen atoms in total. The summed E-state index contributed by atoms with van der Waals surface area (Å²) in [5, 5.41) is 0. The van der Waals surface area contributed by atoms with Crippen molar-refractivity contribution in [3.05, 3.63) is 54.0 Å². The molecule has 1 amide bonds. The molecule has 0 radical (unpaired) electrons. The van der Waals surface area contributed by atoms with Crippen LogP contribution < -0.4 is 0 Å². The highest BCUT2D eigenvalue weighted by Crippen LogP contribution is 2.28. The summed E-state index contributed by atoms with van der Waals surface area (Å²) in [7, 11) is -3.67. The molecule has 2 aliphatic rings. The second-order valence-electron chi connectivity index (χ2n) is 7.77. The molecule has 1 atom stereocenters. The van der Waals surface area contributed by atoms with Crippen molar-refractivity contribution >= 4 is 15.9 Å². The van der Waals surface area contributed by atoms with Gasteiger partial charge in [0.1, 0.15) is 11.8 Å². The third kappa shape index (κ3) is 4.24. The number of amides is 1. The van der Waals surface area contributed by atoms with Crippen LogP contribution in [-0.2, 0) is 21.4 Å². The van der Waals surface area contributed by atoms with Crippen LogP contribution in [0.3, 0.4) is 0 Å². The van der Waals surface area contributed by atoms with Gasteiger partial charge in [-0.3, -0.25) is 9.69 Å². The highest BCUT2D eigenvalue weighted by Gasteiger charge is 2.41. The van der Waals surface area contributed by atoms with Crippen molar-refractivity contribution in [1.29, 1.82) is 0 Å². The summed E-state index contributed by atoms with van der Waals surface area (Å²) >= 11 is 0. The molecule has 3 heterocycles. The van der Waals surface area contributed by atoms with Crippen LogP contribution in [0.25, 0.3) is 0 Å². The van der Waals surface area contributed by atoms with Gasteiger partial charge >= 0.3 is 0 Å². The highest BCUT2D eigenvalue weighted by atomic mass is 32.2. The average molecular weight is 418 g/mol. The molecule has 1 aromatic heterocycles. The Kier molecular flexibility index (Phi) is 5.76. The zero-order valence-electron chi connectivity index (χ0n) is 16.7. The predicted octanol–water partition coefficient (Wildman–Crippen LogP) is 2.09. The van der Waals surface area contributed by atoms with Crippen molar-refractivity contribution in [1.82, 2.24) is 14.1 Å². The summed E-state index contributed by atoms with van der Waals surface area (Å²) in [4.78, 5) is 17.5. The van der Waals surface area contributed by atoms with Crippen molar-refractivity contribution in [3.8, 4) is 0 Å². The summed E-state index contributed by atoms with van der Waals surface area (Å²) in [6.07, 6.45) is 2.95. The maximum absolute atomic E-state index is 13.1. The van der Waals surface area contributed by atoms with Crippen LogP contribution in [0.15, 0.2) is 52.0 Å². The third-order valence-corrected chi connectivity index (χ3v) is 7.68. The molecule has 2 aliphatic heterocycles. The molecule has 8 heteroatoms. The standard InChI is InChI=1S/C21H27N3O4S/c1-17-6-8-19(9-7-17)29(26,27)24-10-2-5-20(24)21(25)23-13-11-22(12-14-23)16-18-4-3-15-28-18/h3-4,6-9,15,20H,2,5,10-14,16H2,1H3/t20-/m0/s1. The van der Waals surface area contributed by atoms with E-state index in [-0.39, 0.29) is 10.8 Å². The van der Waals surface area contributed by atoms with Gasteiger partial charge in [0.05, 0.1) is 17.7 Å². The minimum absolute atomic E-state index is 0.0733. The Bertz CT molecular complexity index is 933. The summed E-state index contributed by atoms with van der Waals surface area (Å²) in [6.45, 7) is 5.76. The smallest absolute Gasteiger partial charge is 0.243 e. The van der Waals surface area contributed by atoms with Crippen LogP contribution >= 0.6 is 0 Å². The zero-order chi connectivity index (χ0) is 20.4. The molecule has 2 aromatic rings. The van der Waals surface area contributed by atoms with Gasteiger partial charge in [0, 0.05) is 32.7 Å². The average Bonchev–Trinajstić information content (AvgIpc) is 3.41. The lowest BCUT2D eigenvalue weighted by molar-refractivity contribution is -0.136. The number of piperazine rings is 1. The molecule has 1 aromatic carbocycles. The Morgan fingerprint density at radius 1 is 1.07 bits per heavy atom. The number of carbonyl (C=O) groups is 1. The first-order valence-electron chi connectivity index (χ1n) is 10.1. The quantitative estimate of drug-likeness (QED) is 0.745. The van der Waals surface area contributed by atoms with E-state index in [1.54, 1.807) is 30.5 Å². The number of benzene rings is 1. The zero-order valence-corrected chi connectivity index (χ0v) is 17.5. The lowest BCUT2D eigenvalue weighted by atomic mass is 10.2. The van der Waals surface area contributed by atoms with Crippen LogP contribution in [0, 0.1) is 6.92 Å². The number of rotatable bonds is 5. The number of sulfonamides is 1. The van der Waals surface area contributed by atoms with Crippen LogP contribution in [0.5, 0.6) is 0 Å². The van der Waals surface area contributed by atoms with Crippen LogP contribution in [-0.4, -0.2) is 67.2 Å². The topological polar surface area (TPSA) is 74.1 Å². The number of hydrogen-bond acceptors (Lipinski definition) is 5. The molecule has 2 fully saturated rings. The SMILES string of the molecule is Cc1ccc(S(=O)(=O)N2CCC[C@H]2C(=O)N2CCN(Cc3ccco3)CC2)cc1. The fourth-order valence-corrected chi connectivity index (χ4v) is 5.73. The van der Waals surface area contributed by atoms with Crippen molar-refractivity contribution in [2.45, 2.75) is 37.2 Å². The number of carbonyl (C=O) groups excluding carboxylic acids is 1. The molecule has 0 N–H and O–H groups in total. The third-order valence-electron chi connectivity index (χ3n) is 5.76. The van der Waals surface area contributed by atoms with E-state index in [4.69, 9.17) is 4.42 Å². The van der Waals surface area contributed by atoms with Gasteiger partial charge in [0.2, 0.25) is 15.9 Å². The van der Waals surface area contributed by atoms with E-state index in [2.05, 4.69) is 4.90 Å². The second kappa shape index (κ2) is 8.30. The first kappa shape index (κ1) is 20.1. The Morgan fingerprint density at radius 3 is 2.45 bits per heavy atom. The van der Waals surface area contributed by atoms with Gasteiger partial charge in [-0.1, -0.05) is 17.7 Å². The molecule has 0 bridgehead atoms. The molecule has 0 saturated carbocycles. The van der Waals surface area contributed by atoms with Crippen LogP contribution in [0.2, 0.25) is 0 Å². The summed E-state index contributed by atoms with van der Waals surface area (Å²) in [5.74, 6) is 0.840. The predicted molar refractivity (Wildman–Crippen MR) is 109 cm³/mol. The van der Waals surface area contributed by atoms with E-state index in [1.807, 2.05) is 24.0 Å².